The number of nitrogens with zero attached hydrogens (tertiary/aromatic N) is 1. The molecule has 0 amide bonds. The van der Waals surface area contributed by atoms with Gasteiger partial charge in [0.05, 0.1) is 12.1 Å². The average Bonchev–Trinajstić information content (AvgIpc) is 3.06. The fraction of sp³-hybridized carbons (Fsp3) is 0.500. The summed E-state index contributed by atoms with van der Waals surface area (Å²) in [7, 11) is 0. The van der Waals surface area contributed by atoms with Gasteiger partial charge in [-0.25, -0.2) is 4.98 Å². The van der Waals surface area contributed by atoms with Crippen LogP contribution < -0.4 is 4.74 Å². The summed E-state index contributed by atoms with van der Waals surface area (Å²) in [6.45, 7) is 2.97. The number of pyridine rings is 1. The van der Waals surface area contributed by atoms with Crippen molar-refractivity contribution in [3.8, 4) is 5.88 Å². The second-order valence-electron chi connectivity index (χ2n) is 6.95. The van der Waals surface area contributed by atoms with Gasteiger partial charge in [0.1, 0.15) is 0 Å². The number of rotatable bonds is 3. The molecule has 1 aromatic heterocycles. The highest BCUT2D eigenvalue weighted by Gasteiger charge is 2.26. The summed E-state index contributed by atoms with van der Waals surface area (Å²) >= 11 is 0. The molecule has 0 bridgehead atoms. The second-order valence-corrected chi connectivity index (χ2v) is 6.95. The first-order valence-corrected chi connectivity index (χ1v) is 8.85. The Morgan fingerprint density at radius 2 is 2.04 bits per heavy atom. The number of carbonyl (C=O) groups excluding carboxylic acids is 1. The van der Waals surface area contributed by atoms with Crippen molar-refractivity contribution >= 4 is 16.7 Å². The molecule has 3 nitrogen and oxygen atoms in total. The molecule has 2 aromatic rings. The van der Waals surface area contributed by atoms with Crippen LogP contribution in [0.5, 0.6) is 5.88 Å². The van der Waals surface area contributed by atoms with Gasteiger partial charge in [0.25, 0.3) is 0 Å². The zero-order valence-electron chi connectivity index (χ0n) is 13.7. The van der Waals surface area contributed by atoms with Crippen molar-refractivity contribution in [1.82, 2.24) is 4.98 Å². The lowest BCUT2D eigenvalue weighted by Crippen LogP contribution is -2.21. The van der Waals surface area contributed by atoms with Crippen molar-refractivity contribution in [2.24, 2.45) is 11.8 Å². The Bertz CT molecular complexity index is 745. The van der Waals surface area contributed by atoms with Crippen molar-refractivity contribution < 1.29 is 9.53 Å². The number of benzene rings is 1. The summed E-state index contributed by atoms with van der Waals surface area (Å²) in [5.41, 5.74) is 2.92. The number of carbonyl (C=O) groups is 1. The summed E-state index contributed by atoms with van der Waals surface area (Å²) in [5.74, 6) is 2.11. The lowest BCUT2D eigenvalue weighted by molar-refractivity contribution is 0.0871. The SMILES string of the molecule is CCC1CCC(C(=O)c2ccc3nc4c(cc3c2)CCO4)CC1. The zero-order chi connectivity index (χ0) is 15.8. The van der Waals surface area contributed by atoms with Gasteiger partial charge in [-0.3, -0.25) is 4.79 Å². The molecule has 1 aliphatic heterocycles. The number of ketones is 1. The molecule has 0 spiro atoms. The molecule has 120 valence electrons. The largest absolute Gasteiger partial charge is 0.477 e. The van der Waals surface area contributed by atoms with Crippen LogP contribution >= 0.6 is 0 Å². The lowest BCUT2D eigenvalue weighted by Gasteiger charge is -2.26. The smallest absolute Gasteiger partial charge is 0.217 e. The molecule has 0 atom stereocenters. The Balaban J connectivity index is 1.59. The van der Waals surface area contributed by atoms with Gasteiger partial charge in [-0.2, -0.15) is 0 Å². The molecule has 0 unspecified atom stereocenters. The molecule has 4 rings (SSSR count). The van der Waals surface area contributed by atoms with E-state index in [4.69, 9.17) is 4.74 Å². The summed E-state index contributed by atoms with van der Waals surface area (Å²) in [6, 6.07) is 8.05. The minimum Gasteiger partial charge on any atom is -0.477 e. The highest BCUT2D eigenvalue weighted by Crippen LogP contribution is 2.33. The van der Waals surface area contributed by atoms with Gasteiger partial charge in [-0.1, -0.05) is 13.3 Å². The number of ether oxygens (including phenoxy) is 1. The molecule has 1 saturated carbocycles. The predicted molar refractivity (Wildman–Crippen MR) is 91.0 cm³/mol. The van der Waals surface area contributed by atoms with Crippen molar-refractivity contribution in [3.05, 3.63) is 35.4 Å². The third-order valence-corrected chi connectivity index (χ3v) is 5.54. The van der Waals surface area contributed by atoms with Crippen LogP contribution in [0.15, 0.2) is 24.3 Å². The molecule has 0 saturated heterocycles. The van der Waals surface area contributed by atoms with E-state index in [-0.39, 0.29) is 5.92 Å². The molecular formula is C20H23NO2. The maximum atomic E-state index is 12.8. The van der Waals surface area contributed by atoms with E-state index in [0.29, 0.717) is 12.4 Å². The summed E-state index contributed by atoms with van der Waals surface area (Å²) in [4.78, 5) is 17.4. The van der Waals surface area contributed by atoms with Crippen LogP contribution in [0.1, 0.15) is 54.9 Å². The number of Topliss-reactive ketones (excluding diaryl/α,β-unsaturated/α-hetero) is 1. The lowest BCUT2D eigenvalue weighted by atomic mass is 9.77. The fourth-order valence-corrected chi connectivity index (χ4v) is 3.99. The fourth-order valence-electron chi connectivity index (χ4n) is 3.99. The van der Waals surface area contributed by atoms with Gasteiger partial charge in [0, 0.05) is 28.9 Å². The molecule has 1 aromatic carbocycles. The van der Waals surface area contributed by atoms with E-state index in [0.717, 1.165) is 53.1 Å². The molecule has 1 fully saturated rings. The minimum absolute atomic E-state index is 0.209. The molecule has 2 heterocycles. The van der Waals surface area contributed by atoms with Crippen molar-refractivity contribution in [2.75, 3.05) is 6.61 Å². The average molecular weight is 309 g/mol. The maximum Gasteiger partial charge on any atom is 0.217 e. The summed E-state index contributed by atoms with van der Waals surface area (Å²) < 4.78 is 5.52. The summed E-state index contributed by atoms with van der Waals surface area (Å²) in [5, 5.41) is 1.06. The quantitative estimate of drug-likeness (QED) is 0.780. The van der Waals surface area contributed by atoms with E-state index in [1.165, 1.54) is 19.3 Å². The monoisotopic (exact) mass is 309 g/mol. The molecular weight excluding hydrogens is 286 g/mol. The van der Waals surface area contributed by atoms with Gasteiger partial charge in [0.2, 0.25) is 5.88 Å². The molecule has 3 heteroatoms. The number of hydrogen-bond acceptors (Lipinski definition) is 3. The standard InChI is InChI=1S/C20H23NO2/c1-2-13-3-5-14(6-4-13)19(22)15-7-8-18-17(11-15)12-16-9-10-23-20(16)21-18/h7-8,11-14H,2-6,9-10H2,1H3. The second kappa shape index (κ2) is 5.95. The highest BCUT2D eigenvalue weighted by atomic mass is 16.5. The van der Waals surface area contributed by atoms with E-state index in [1.54, 1.807) is 0 Å². The Kier molecular flexibility index (Phi) is 3.80. The number of hydrogen-bond donors (Lipinski definition) is 0. The molecule has 23 heavy (non-hydrogen) atoms. The van der Waals surface area contributed by atoms with E-state index < -0.39 is 0 Å². The van der Waals surface area contributed by atoms with Crippen molar-refractivity contribution in [2.45, 2.75) is 45.4 Å². The van der Waals surface area contributed by atoms with Gasteiger partial charge < -0.3 is 4.74 Å². The van der Waals surface area contributed by atoms with Gasteiger partial charge >= 0.3 is 0 Å². The zero-order valence-corrected chi connectivity index (χ0v) is 13.7. The first-order chi connectivity index (χ1) is 11.2. The van der Waals surface area contributed by atoms with Crippen LogP contribution in [0, 0.1) is 11.8 Å². The van der Waals surface area contributed by atoms with E-state index in [2.05, 4.69) is 18.0 Å². The number of aromatic nitrogens is 1. The van der Waals surface area contributed by atoms with Gasteiger partial charge in [-0.05, 0) is 55.9 Å². The first-order valence-electron chi connectivity index (χ1n) is 8.85. The van der Waals surface area contributed by atoms with Crippen LogP contribution in [0.3, 0.4) is 0 Å². The Morgan fingerprint density at radius 1 is 1.22 bits per heavy atom. The van der Waals surface area contributed by atoms with Crippen LogP contribution in [-0.4, -0.2) is 17.4 Å². The Labute approximate surface area is 137 Å². The third kappa shape index (κ3) is 2.73. The highest BCUT2D eigenvalue weighted by molar-refractivity contribution is 6.01. The van der Waals surface area contributed by atoms with Gasteiger partial charge in [0.15, 0.2) is 5.78 Å². The third-order valence-electron chi connectivity index (χ3n) is 5.54. The van der Waals surface area contributed by atoms with Crippen LogP contribution in [-0.2, 0) is 6.42 Å². The first kappa shape index (κ1) is 14.7. The van der Waals surface area contributed by atoms with E-state index in [1.807, 2.05) is 18.2 Å². The van der Waals surface area contributed by atoms with Gasteiger partial charge in [-0.15, -0.1) is 0 Å². The van der Waals surface area contributed by atoms with Crippen LogP contribution in [0.25, 0.3) is 10.9 Å². The molecule has 2 aliphatic rings. The molecule has 1 aliphatic carbocycles. The van der Waals surface area contributed by atoms with Crippen LogP contribution in [0.2, 0.25) is 0 Å². The number of fused-ring (bicyclic) bond motifs is 2. The summed E-state index contributed by atoms with van der Waals surface area (Å²) in [6.07, 6.45) is 6.66. The molecule has 0 N–H and O–H groups in total. The normalized spacial score (nSPS) is 23.5. The molecule has 0 radical (unpaired) electrons. The van der Waals surface area contributed by atoms with Crippen LogP contribution in [0.4, 0.5) is 0 Å². The maximum absolute atomic E-state index is 12.8. The Morgan fingerprint density at radius 3 is 2.83 bits per heavy atom. The minimum atomic E-state index is 0.209. The van der Waals surface area contributed by atoms with E-state index >= 15 is 0 Å². The topological polar surface area (TPSA) is 39.2 Å². The van der Waals surface area contributed by atoms with Crippen molar-refractivity contribution in [1.29, 1.82) is 0 Å². The predicted octanol–water partition coefficient (Wildman–Crippen LogP) is 4.57. The Hall–Kier alpha value is -1.90. The van der Waals surface area contributed by atoms with Crippen molar-refractivity contribution in [3.63, 3.8) is 0 Å². The van der Waals surface area contributed by atoms with E-state index in [9.17, 15) is 4.79 Å².